The Hall–Kier alpha value is -0.670. The van der Waals surface area contributed by atoms with Gasteiger partial charge >= 0.3 is 5.97 Å². The van der Waals surface area contributed by atoms with Crippen LogP contribution in [-0.4, -0.2) is 44.4 Å². The topological polar surface area (TPSA) is 89.7 Å². The molecule has 0 spiro atoms. The number of hydrogen-bond donors (Lipinski definition) is 1. The SMILES string of the molecule is CCOC(=O)c1ccc(S(=O)(=O)N2CCCC(N)C2)c(Br)c1.Cl. The van der Waals surface area contributed by atoms with Crippen molar-refractivity contribution < 1.29 is 17.9 Å². The molecule has 1 aromatic carbocycles. The second-order valence-corrected chi connectivity index (χ2v) is 7.89. The molecule has 2 rings (SSSR count). The van der Waals surface area contributed by atoms with Gasteiger partial charge in [0, 0.05) is 23.6 Å². The molecule has 0 amide bonds. The first-order chi connectivity index (χ1) is 10.4. The van der Waals surface area contributed by atoms with Gasteiger partial charge in [-0.25, -0.2) is 13.2 Å². The monoisotopic (exact) mass is 426 g/mol. The highest BCUT2D eigenvalue weighted by molar-refractivity contribution is 9.10. The van der Waals surface area contributed by atoms with E-state index >= 15 is 0 Å². The quantitative estimate of drug-likeness (QED) is 0.744. The lowest BCUT2D eigenvalue weighted by molar-refractivity contribution is 0.0526. The van der Waals surface area contributed by atoms with Gasteiger partial charge < -0.3 is 10.5 Å². The number of carbonyl (C=O) groups is 1. The van der Waals surface area contributed by atoms with E-state index in [4.69, 9.17) is 10.5 Å². The fourth-order valence-electron chi connectivity index (χ4n) is 2.38. The van der Waals surface area contributed by atoms with Crippen molar-refractivity contribution in [2.75, 3.05) is 19.7 Å². The average Bonchev–Trinajstić information content (AvgIpc) is 2.47. The fourth-order valence-corrected chi connectivity index (χ4v) is 4.96. The Morgan fingerprint density at radius 3 is 2.74 bits per heavy atom. The Labute approximate surface area is 151 Å². The van der Waals surface area contributed by atoms with Crippen molar-refractivity contribution in [3.63, 3.8) is 0 Å². The van der Waals surface area contributed by atoms with Crippen molar-refractivity contribution >= 4 is 44.3 Å². The minimum Gasteiger partial charge on any atom is -0.462 e. The van der Waals surface area contributed by atoms with Gasteiger partial charge in [-0.1, -0.05) is 0 Å². The summed E-state index contributed by atoms with van der Waals surface area (Å²) < 4.78 is 32.0. The van der Waals surface area contributed by atoms with E-state index in [1.54, 1.807) is 6.92 Å². The molecule has 6 nitrogen and oxygen atoms in total. The smallest absolute Gasteiger partial charge is 0.338 e. The maximum Gasteiger partial charge on any atom is 0.338 e. The van der Waals surface area contributed by atoms with Crippen molar-refractivity contribution in [1.82, 2.24) is 4.31 Å². The van der Waals surface area contributed by atoms with Crippen LogP contribution in [0.25, 0.3) is 0 Å². The molecule has 0 aromatic heterocycles. The van der Waals surface area contributed by atoms with Crippen LogP contribution in [0.5, 0.6) is 0 Å². The normalized spacial score (nSPS) is 19.0. The number of esters is 1. The van der Waals surface area contributed by atoms with Gasteiger partial charge in [0.1, 0.15) is 0 Å². The lowest BCUT2D eigenvalue weighted by Gasteiger charge is -2.30. The van der Waals surface area contributed by atoms with E-state index in [-0.39, 0.29) is 30.0 Å². The summed E-state index contributed by atoms with van der Waals surface area (Å²) in [6, 6.07) is 4.21. The molecule has 1 aliphatic rings. The molecule has 0 aliphatic carbocycles. The molecule has 1 heterocycles. The number of carbonyl (C=O) groups excluding carboxylic acids is 1. The molecule has 1 aromatic rings. The van der Waals surface area contributed by atoms with Crippen LogP contribution in [0.2, 0.25) is 0 Å². The van der Waals surface area contributed by atoms with Gasteiger partial charge in [0.2, 0.25) is 10.0 Å². The van der Waals surface area contributed by atoms with Crippen molar-refractivity contribution in [2.45, 2.75) is 30.7 Å². The third kappa shape index (κ3) is 4.67. The number of benzene rings is 1. The van der Waals surface area contributed by atoms with E-state index in [2.05, 4.69) is 15.9 Å². The number of hydrogen-bond acceptors (Lipinski definition) is 5. The fraction of sp³-hybridized carbons (Fsp3) is 0.500. The van der Waals surface area contributed by atoms with Crippen LogP contribution in [0.4, 0.5) is 0 Å². The second-order valence-electron chi connectivity index (χ2n) is 5.13. The van der Waals surface area contributed by atoms with Crippen molar-refractivity contribution in [2.24, 2.45) is 5.73 Å². The van der Waals surface area contributed by atoms with E-state index in [0.29, 0.717) is 23.1 Å². The van der Waals surface area contributed by atoms with Crippen LogP contribution < -0.4 is 5.73 Å². The summed E-state index contributed by atoms with van der Waals surface area (Å²) in [5.74, 6) is -0.479. The molecular formula is C14H20BrClN2O4S. The van der Waals surface area contributed by atoms with E-state index in [9.17, 15) is 13.2 Å². The van der Waals surface area contributed by atoms with Crippen LogP contribution in [0.15, 0.2) is 27.6 Å². The largest absolute Gasteiger partial charge is 0.462 e. The Bertz CT molecular complexity index is 669. The molecule has 9 heteroatoms. The van der Waals surface area contributed by atoms with Gasteiger partial charge in [0.05, 0.1) is 17.1 Å². The highest BCUT2D eigenvalue weighted by Gasteiger charge is 2.30. The summed E-state index contributed by atoms with van der Waals surface area (Å²) in [4.78, 5) is 11.8. The van der Waals surface area contributed by atoms with Gasteiger partial charge in [0.15, 0.2) is 0 Å². The first-order valence-electron chi connectivity index (χ1n) is 7.08. The zero-order valence-electron chi connectivity index (χ0n) is 12.7. The molecule has 1 unspecified atom stereocenters. The minimum atomic E-state index is -3.63. The average molecular weight is 428 g/mol. The first-order valence-corrected chi connectivity index (χ1v) is 9.32. The maximum absolute atomic E-state index is 12.7. The Balaban J connectivity index is 0.00000264. The first kappa shape index (κ1) is 20.4. The molecule has 130 valence electrons. The van der Waals surface area contributed by atoms with Crippen LogP contribution in [0, 0.1) is 0 Å². The van der Waals surface area contributed by atoms with E-state index in [0.717, 1.165) is 12.8 Å². The predicted molar refractivity (Wildman–Crippen MR) is 93.3 cm³/mol. The molecule has 0 radical (unpaired) electrons. The van der Waals surface area contributed by atoms with E-state index in [1.165, 1.54) is 22.5 Å². The molecule has 1 atom stereocenters. The summed E-state index contributed by atoms with van der Waals surface area (Å²) in [5.41, 5.74) is 6.16. The lowest BCUT2D eigenvalue weighted by Crippen LogP contribution is -2.45. The van der Waals surface area contributed by atoms with E-state index < -0.39 is 16.0 Å². The zero-order chi connectivity index (χ0) is 16.3. The number of rotatable bonds is 4. The third-order valence-corrected chi connectivity index (χ3v) is 6.32. The molecule has 1 fully saturated rings. The van der Waals surface area contributed by atoms with Crippen molar-refractivity contribution in [1.29, 1.82) is 0 Å². The molecule has 0 bridgehead atoms. The second kappa shape index (κ2) is 8.43. The van der Waals surface area contributed by atoms with Crippen molar-refractivity contribution in [3.8, 4) is 0 Å². The van der Waals surface area contributed by atoms with Crippen LogP contribution in [0.1, 0.15) is 30.1 Å². The van der Waals surface area contributed by atoms with Crippen molar-refractivity contribution in [3.05, 3.63) is 28.2 Å². The Morgan fingerprint density at radius 1 is 1.48 bits per heavy atom. The standard InChI is InChI=1S/C14H19BrN2O4S.ClH/c1-2-21-14(18)10-5-6-13(12(15)8-10)22(19,20)17-7-3-4-11(16)9-17;/h5-6,8,11H,2-4,7,9,16H2,1H3;1H. The number of nitrogens with zero attached hydrogens (tertiary/aromatic N) is 1. The molecule has 23 heavy (non-hydrogen) atoms. The van der Waals surface area contributed by atoms with E-state index in [1.807, 2.05) is 0 Å². The Morgan fingerprint density at radius 2 is 2.17 bits per heavy atom. The summed E-state index contributed by atoms with van der Waals surface area (Å²) >= 11 is 3.24. The molecular weight excluding hydrogens is 408 g/mol. The molecule has 2 N–H and O–H groups in total. The van der Waals surface area contributed by atoms with Gasteiger partial charge in [-0.15, -0.1) is 12.4 Å². The number of sulfonamides is 1. The predicted octanol–water partition coefficient (Wildman–Crippen LogP) is 2.16. The number of nitrogens with two attached hydrogens (primary N) is 1. The summed E-state index contributed by atoms with van der Waals surface area (Å²) in [7, 11) is -3.63. The summed E-state index contributed by atoms with van der Waals surface area (Å²) in [6.45, 7) is 2.75. The number of piperidine rings is 1. The van der Waals surface area contributed by atoms with Gasteiger partial charge in [-0.2, -0.15) is 4.31 Å². The van der Waals surface area contributed by atoms with Gasteiger partial charge in [-0.05, 0) is 53.9 Å². The maximum atomic E-state index is 12.7. The third-order valence-electron chi connectivity index (χ3n) is 3.48. The molecule has 0 saturated carbocycles. The zero-order valence-corrected chi connectivity index (χ0v) is 15.9. The van der Waals surface area contributed by atoms with Crippen LogP contribution in [-0.2, 0) is 14.8 Å². The summed E-state index contributed by atoms with van der Waals surface area (Å²) in [5, 5.41) is 0. The number of ether oxygens (including phenoxy) is 1. The van der Waals surface area contributed by atoms with Crippen LogP contribution in [0.3, 0.4) is 0 Å². The summed E-state index contributed by atoms with van der Waals surface area (Å²) in [6.07, 6.45) is 1.58. The van der Waals surface area contributed by atoms with Crippen LogP contribution >= 0.6 is 28.3 Å². The minimum absolute atomic E-state index is 0. The highest BCUT2D eigenvalue weighted by Crippen LogP contribution is 2.28. The Kier molecular flexibility index (Phi) is 7.47. The molecule has 1 aliphatic heterocycles. The number of halogens is 2. The highest BCUT2D eigenvalue weighted by atomic mass is 79.9. The van der Waals surface area contributed by atoms with Gasteiger partial charge in [0.25, 0.3) is 0 Å². The lowest BCUT2D eigenvalue weighted by atomic mass is 10.1. The van der Waals surface area contributed by atoms with Gasteiger partial charge in [-0.3, -0.25) is 0 Å². The molecule has 1 saturated heterocycles.